The maximum Gasteiger partial charge on any atom is 0.0853 e. The van der Waals surface area contributed by atoms with E-state index in [4.69, 9.17) is 0 Å². The van der Waals surface area contributed by atoms with Gasteiger partial charge >= 0.3 is 0 Å². The Labute approximate surface area is 83.5 Å². The number of hydrogen-bond donors (Lipinski definition) is 2. The lowest BCUT2D eigenvalue weighted by atomic mass is 9.95. The standard InChI is InChI=1S/C12H14O2/c13-11-7-6-10(8-11)12(14)9-4-2-1-3-5-9/h1-7,10-14H,8H2. The van der Waals surface area contributed by atoms with Crippen molar-refractivity contribution < 1.29 is 10.2 Å². The van der Waals surface area contributed by atoms with E-state index in [0.29, 0.717) is 6.42 Å². The van der Waals surface area contributed by atoms with Crippen LogP contribution in [-0.2, 0) is 0 Å². The van der Waals surface area contributed by atoms with Crippen LogP contribution in [0.5, 0.6) is 0 Å². The van der Waals surface area contributed by atoms with Crippen LogP contribution < -0.4 is 0 Å². The molecular weight excluding hydrogens is 176 g/mol. The second-order valence-corrected chi connectivity index (χ2v) is 3.71. The van der Waals surface area contributed by atoms with Crippen LogP contribution in [0.1, 0.15) is 18.1 Å². The molecule has 2 heteroatoms. The smallest absolute Gasteiger partial charge is 0.0853 e. The highest BCUT2D eigenvalue weighted by molar-refractivity contribution is 5.20. The van der Waals surface area contributed by atoms with Crippen LogP contribution in [0.3, 0.4) is 0 Å². The monoisotopic (exact) mass is 190 g/mol. The molecule has 2 nitrogen and oxygen atoms in total. The van der Waals surface area contributed by atoms with Gasteiger partial charge in [0.25, 0.3) is 0 Å². The van der Waals surface area contributed by atoms with E-state index in [1.54, 1.807) is 6.08 Å². The van der Waals surface area contributed by atoms with Gasteiger partial charge in [-0.05, 0) is 12.0 Å². The molecule has 0 bridgehead atoms. The molecule has 0 amide bonds. The normalized spacial score (nSPS) is 27.9. The molecule has 0 radical (unpaired) electrons. The molecule has 1 aliphatic rings. The molecule has 74 valence electrons. The van der Waals surface area contributed by atoms with E-state index in [1.807, 2.05) is 36.4 Å². The predicted octanol–water partition coefficient (Wildman–Crippen LogP) is 1.66. The second-order valence-electron chi connectivity index (χ2n) is 3.71. The molecule has 0 saturated heterocycles. The molecule has 0 fully saturated rings. The maximum absolute atomic E-state index is 9.98. The van der Waals surface area contributed by atoms with Crippen molar-refractivity contribution in [3.05, 3.63) is 48.0 Å². The molecule has 1 aliphatic carbocycles. The summed E-state index contributed by atoms with van der Waals surface area (Å²) in [5.74, 6) is 0.0485. The SMILES string of the molecule is OC1C=CC(C(O)c2ccccc2)C1. The lowest BCUT2D eigenvalue weighted by Crippen LogP contribution is -2.11. The summed E-state index contributed by atoms with van der Waals surface area (Å²) in [6, 6.07) is 9.56. The van der Waals surface area contributed by atoms with E-state index >= 15 is 0 Å². The van der Waals surface area contributed by atoms with Crippen LogP contribution in [0, 0.1) is 5.92 Å². The van der Waals surface area contributed by atoms with E-state index in [1.165, 1.54) is 0 Å². The Morgan fingerprint density at radius 3 is 2.43 bits per heavy atom. The largest absolute Gasteiger partial charge is 0.389 e. The molecule has 2 N–H and O–H groups in total. The van der Waals surface area contributed by atoms with Gasteiger partial charge in [-0.3, -0.25) is 0 Å². The summed E-state index contributed by atoms with van der Waals surface area (Å²) in [7, 11) is 0. The fourth-order valence-corrected chi connectivity index (χ4v) is 1.84. The van der Waals surface area contributed by atoms with Crippen molar-refractivity contribution in [2.24, 2.45) is 5.92 Å². The van der Waals surface area contributed by atoms with Gasteiger partial charge in [0, 0.05) is 5.92 Å². The van der Waals surface area contributed by atoms with Gasteiger partial charge in [0.15, 0.2) is 0 Å². The Hall–Kier alpha value is -1.12. The average Bonchev–Trinajstić information content (AvgIpc) is 2.65. The number of aliphatic hydroxyl groups excluding tert-OH is 2. The first-order chi connectivity index (χ1) is 6.77. The number of rotatable bonds is 2. The van der Waals surface area contributed by atoms with E-state index in [2.05, 4.69) is 0 Å². The van der Waals surface area contributed by atoms with Crippen LogP contribution in [0.2, 0.25) is 0 Å². The van der Waals surface area contributed by atoms with Crippen molar-refractivity contribution in [1.82, 2.24) is 0 Å². The Kier molecular flexibility index (Phi) is 2.66. The highest BCUT2D eigenvalue weighted by atomic mass is 16.3. The van der Waals surface area contributed by atoms with Crippen molar-refractivity contribution >= 4 is 0 Å². The molecule has 1 aromatic carbocycles. The van der Waals surface area contributed by atoms with Crippen LogP contribution in [0.25, 0.3) is 0 Å². The van der Waals surface area contributed by atoms with Crippen molar-refractivity contribution in [2.75, 3.05) is 0 Å². The molecule has 3 atom stereocenters. The predicted molar refractivity (Wildman–Crippen MR) is 54.7 cm³/mol. The molecular formula is C12H14O2. The Balaban J connectivity index is 2.10. The lowest BCUT2D eigenvalue weighted by Gasteiger charge is -2.17. The number of hydrogen-bond acceptors (Lipinski definition) is 2. The van der Waals surface area contributed by atoms with Crippen molar-refractivity contribution in [2.45, 2.75) is 18.6 Å². The zero-order valence-electron chi connectivity index (χ0n) is 7.88. The first-order valence-electron chi connectivity index (χ1n) is 4.87. The summed E-state index contributed by atoms with van der Waals surface area (Å²) in [5, 5.41) is 19.3. The quantitative estimate of drug-likeness (QED) is 0.696. The zero-order valence-corrected chi connectivity index (χ0v) is 7.88. The first kappa shape index (κ1) is 9.44. The summed E-state index contributed by atoms with van der Waals surface area (Å²) in [4.78, 5) is 0. The van der Waals surface area contributed by atoms with Crippen molar-refractivity contribution in [3.63, 3.8) is 0 Å². The van der Waals surface area contributed by atoms with Crippen LogP contribution in [0.4, 0.5) is 0 Å². The van der Waals surface area contributed by atoms with Gasteiger partial charge in [-0.15, -0.1) is 0 Å². The van der Waals surface area contributed by atoms with E-state index in [9.17, 15) is 10.2 Å². The fourth-order valence-electron chi connectivity index (χ4n) is 1.84. The van der Waals surface area contributed by atoms with Gasteiger partial charge in [-0.25, -0.2) is 0 Å². The van der Waals surface area contributed by atoms with Gasteiger partial charge in [0.1, 0.15) is 0 Å². The molecule has 0 saturated carbocycles. The number of benzene rings is 1. The van der Waals surface area contributed by atoms with Crippen molar-refractivity contribution in [1.29, 1.82) is 0 Å². The molecule has 0 spiro atoms. The molecule has 1 aromatic rings. The van der Waals surface area contributed by atoms with Gasteiger partial charge in [-0.2, -0.15) is 0 Å². The summed E-state index contributed by atoms with van der Waals surface area (Å²) in [6.07, 6.45) is 3.37. The zero-order chi connectivity index (χ0) is 9.97. The van der Waals surface area contributed by atoms with Gasteiger partial charge in [0.05, 0.1) is 12.2 Å². The highest BCUT2D eigenvalue weighted by Gasteiger charge is 2.24. The Morgan fingerprint density at radius 2 is 1.86 bits per heavy atom. The van der Waals surface area contributed by atoms with Gasteiger partial charge in [0.2, 0.25) is 0 Å². The van der Waals surface area contributed by atoms with Gasteiger partial charge < -0.3 is 10.2 Å². The minimum absolute atomic E-state index is 0.0485. The Morgan fingerprint density at radius 1 is 1.14 bits per heavy atom. The lowest BCUT2D eigenvalue weighted by molar-refractivity contribution is 0.108. The highest BCUT2D eigenvalue weighted by Crippen LogP contribution is 2.30. The Bertz CT molecular complexity index is 318. The van der Waals surface area contributed by atoms with E-state index in [-0.39, 0.29) is 5.92 Å². The third-order valence-corrected chi connectivity index (χ3v) is 2.64. The van der Waals surface area contributed by atoms with Crippen molar-refractivity contribution in [3.8, 4) is 0 Å². The number of aliphatic hydroxyl groups is 2. The summed E-state index contributed by atoms with van der Waals surface area (Å²) >= 11 is 0. The van der Waals surface area contributed by atoms with E-state index < -0.39 is 12.2 Å². The van der Waals surface area contributed by atoms with Crippen LogP contribution >= 0.6 is 0 Å². The first-order valence-corrected chi connectivity index (χ1v) is 4.87. The molecule has 3 unspecified atom stereocenters. The topological polar surface area (TPSA) is 40.5 Å². The summed E-state index contributed by atoms with van der Waals surface area (Å²) in [5.41, 5.74) is 0.913. The third kappa shape index (κ3) is 1.86. The summed E-state index contributed by atoms with van der Waals surface area (Å²) < 4.78 is 0. The molecule has 14 heavy (non-hydrogen) atoms. The fraction of sp³-hybridized carbons (Fsp3) is 0.333. The second kappa shape index (κ2) is 3.95. The summed E-state index contributed by atoms with van der Waals surface area (Å²) in [6.45, 7) is 0. The molecule has 0 heterocycles. The molecule has 0 aromatic heterocycles. The molecule has 2 rings (SSSR count). The minimum Gasteiger partial charge on any atom is -0.389 e. The average molecular weight is 190 g/mol. The molecule has 0 aliphatic heterocycles. The van der Waals surface area contributed by atoms with Gasteiger partial charge in [-0.1, -0.05) is 42.5 Å². The minimum atomic E-state index is -0.496. The van der Waals surface area contributed by atoms with Crippen LogP contribution in [0.15, 0.2) is 42.5 Å². The van der Waals surface area contributed by atoms with E-state index in [0.717, 1.165) is 5.56 Å². The van der Waals surface area contributed by atoms with Crippen LogP contribution in [-0.4, -0.2) is 16.3 Å². The third-order valence-electron chi connectivity index (χ3n) is 2.64. The maximum atomic E-state index is 9.98.